The van der Waals surface area contributed by atoms with Crippen molar-refractivity contribution >= 4 is 22.7 Å². The largest absolute Gasteiger partial charge is 0.484 e. The Morgan fingerprint density at radius 3 is 2.35 bits per heavy atom. The lowest BCUT2D eigenvalue weighted by molar-refractivity contribution is -0.118. The lowest BCUT2D eigenvalue weighted by Crippen LogP contribution is -2.20. The summed E-state index contributed by atoms with van der Waals surface area (Å²) in [4.78, 5) is 17.1. The van der Waals surface area contributed by atoms with E-state index in [9.17, 15) is 4.79 Å². The zero-order chi connectivity index (χ0) is 22.1. The normalized spacial score (nSPS) is 11.0. The van der Waals surface area contributed by atoms with Crippen LogP contribution in [0.4, 0.5) is 5.69 Å². The molecule has 3 aromatic carbocycles. The highest BCUT2D eigenvalue weighted by Crippen LogP contribution is 2.29. The van der Waals surface area contributed by atoms with Crippen molar-refractivity contribution in [2.75, 3.05) is 11.9 Å². The molecule has 158 valence electrons. The number of carbonyl (C=O) groups excluding carboxylic acids is 1. The van der Waals surface area contributed by atoms with E-state index in [2.05, 4.69) is 30.2 Å². The molecule has 0 aliphatic heterocycles. The molecule has 4 aromatic rings. The molecule has 1 amide bonds. The highest BCUT2D eigenvalue weighted by Gasteiger charge is 2.13. The van der Waals surface area contributed by atoms with E-state index in [1.165, 1.54) is 5.56 Å². The van der Waals surface area contributed by atoms with Crippen molar-refractivity contribution < 1.29 is 13.9 Å². The number of aryl methyl sites for hydroxylation is 5. The molecule has 0 spiro atoms. The number of hydrogen-bond acceptors (Lipinski definition) is 4. The fraction of sp³-hybridized carbons (Fsp3) is 0.231. The van der Waals surface area contributed by atoms with Crippen LogP contribution in [-0.2, 0) is 4.79 Å². The Morgan fingerprint density at radius 2 is 1.61 bits per heavy atom. The second-order valence-electron chi connectivity index (χ2n) is 8.11. The van der Waals surface area contributed by atoms with Crippen molar-refractivity contribution in [3.8, 4) is 17.2 Å². The summed E-state index contributed by atoms with van der Waals surface area (Å²) in [5.41, 5.74) is 8.58. The predicted octanol–water partition coefficient (Wildman–Crippen LogP) is 6.05. The second kappa shape index (κ2) is 8.26. The summed E-state index contributed by atoms with van der Waals surface area (Å²) in [6.07, 6.45) is 0. The van der Waals surface area contributed by atoms with E-state index in [1.807, 2.05) is 63.2 Å². The van der Waals surface area contributed by atoms with E-state index in [-0.39, 0.29) is 12.5 Å². The van der Waals surface area contributed by atoms with E-state index in [0.717, 1.165) is 38.9 Å². The van der Waals surface area contributed by atoms with Gasteiger partial charge in [0, 0.05) is 11.3 Å². The third-order valence-electron chi connectivity index (χ3n) is 5.33. The Labute approximate surface area is 182 Å². The second-order valence-corrected chi connectivity index (χ2v) is 8.11. The van der Waals surface area contributed by atoms with Crippen molar-refractivity contribution in [2.24, 2.45) is 0 Å². The molecule has 0 atom stereocenters. The van der Waals surface area contributed by atoms with Crippen molar-refractivity contribution in [3.63, 3.8) is 0 Å². The summed E-state index contributed by atoms with van der Waals surface area (Å²) in [5, 5.41) is 2.94. The van der Waals surface area contributed by atoms with Crippen LogP contribution in [0.1, 0.15) is 27.8 Å². The van der Waals surface area contributed by atoms with Crippen LogP contribution in [-0.4, -0.2) is 17.5 Å². The minimum Gasteiger partial charge on any atom is -0.484 e. The van der Waals surface area contributed by atoms with E-state index in [1.54, 1.807) is 0 Å². The van der Waals surface area contributed by atoms with Gasteiger partial charge in [0.05, 0.1) is 0 Å². The van der Waals surface area contributed by atoms with Gasteiger partial charge in [0.2, 0.25) is 5.89 Å². The number of hydrogen-bond donors (Lipinski definition) is 1. The molecule has 5 heteroatoms. The van der Waals surface area contributed by atoms with Crippen LogP contribution >= 0.6 is 0 Å². The van der Waals surface area contributed by atoms with Crippen LogP contribution in [0, 0.1) is 34.6 Å². The number of anilines is 1. The predicted molar refractivity (Wildman–Crippen MR) is 124 cm³/mol. The summed E-state index contributed by atoms with van der Waals surface area (Å²) in [7, 11) is 0. The quantitative estimate of drug-likeness (QED) is 0.431. The first-order chi connectivity index (χ1) is 14.8. The molecule has 1 aromatic heterocycles. The van der Waals surface area contributed by atoms with E-state index >= 15 is 0 Å². The van der Waals surface area contributed by atoms with Crippen molar-refractivity contribution in [1.29, 1.82) is 0 Å². The SMILES string of the molecule is Cc1cc(C)cc(OCC(=O)Nc2cc(-c3nc4cc(C)c(C)cc4o3)ccc2C)c1. The van der Waals surface area contributed by atoms with Crippen LogP contribution < -0.4 is 10.1 Å². The molecule has 0 saturated carbocycles. The molecule has 0 fully saturated rings. The third kappa shape index (κ3) is 4.61. The Hall–Kier alpha value is -3.60. The minimum atomic E-state index is -0.219. The smallest absolute Gasteiger partial charge is 0.262 e. The minimum absolute atomic E-state index is 0.0615. The molecular weight excluding hydrogens is 388 g/mol. The number of nitrogens with one attached hydrogen (secondary N) is 1. The molecular formula is C26H26N2O3. The van der Waals surface area contributed by atoms with Crippen LogP contribution in [0.25, 0.3) is 22.6 Å². The lowest BCUT2D eigenvalue weighted by Gasteiger charge is -2.11. The summed E-state index contributed by atoms with van der Waals surface area (Å²) in [5.74, 6) is 1.00. The molecule has 31 heavy (non-hydrogen) atoms. The summed E-state index contributed by atoms with van der Waals surface area (Å²) < 4.78 is 11.6. The van der Waals surface area contributed by atoms with Gasteiger partial charge in [-0.2, -0.15) is 0 Å². The number of aromatic nitrogens is 1. The molecule has 1 heterocycles. The number of oxazole rings is 1. The van der Waals surface area contributed by atoms with Gasteiger partial charge in [-0.1, -0.05) is 12.1 Å². The van der Waals surface area contributed by atoms with E-state index < -0.39 is 0 Å². The maximum Gasteiger partial charge on any atom is 0.262 e. The maximum atomic E-state index is 12.5. The molecule has 5 nitrogen and oxygen atoms in total. The van der Waals surface area contributed by atoms with Crippen molar-refractivity contribution in [3.05, 3.63) is 76.3 Å². The van der Waals surface area contributed by atoms with Gasteiger partial charge in [-0.05, 0) is 98.8 Å². The Balaban J connectivity index is 1.52. The van der Waals surface area contributed by atoms with Gasteiger partial charge in [0.15, 0.2) is 12.2 Å². The summed E-state index contributed by atoms with van der Waals surface area (Å²) in [6, 6.07) is 15.7. The zero-order valence-corrected chi connectivity index (χ0v) is 18.5. The molecule has 1 N–H and O–H groups in total. The zero-order valence-electron chi connectivity index (χ0n) is 18.5. The number of ether oxygens (including phenoxy) is 1. The Morgan fingerprint density at radius 1 is 0.903 bits per heavy atom. The average Bonchev–Trinajstić information content (AvgIpc) is 3.10. The summed E-state index contributed by atoms with van der Waals surface area (Å²) in [6.45, 7) is 10.0. The standard InChI is InChI=1S/C26H26N2O3/c1-15-8-16(2)10-21(9-15)30-14-25(29)27-22-13-20(7-6-17(22)3)26-28-23-11-18(4)19(5)12-24(23)31-26/h6-13H,14H2,1-5H3,(H,27,29). The number of rotatable bonds is 5. The number of fused-ring (bicyclic) bond motifs is 1. The topological polar surface area (TPSA) is 64.4 Å². The number of amides is 1. The maximum absolute atomic E-state index is 12.5. The van der Waals surface area contributed by atoms with Gasteiger partial charge in [-0.15, -0.1) is 0 Å². The van der Waals surface area contributed by atoms with Gasteiger partial charge in [-0.3, -0.25) is 4.79 Å². The Kier molecular flexibility index (Phi) is 5.51. The van der Waals surface area contributed by atoms with Crippen LogP contribution in [0.2, 0.25) is 0 Å². The molecule has 0 radical (unpaired) electrons. The molecule has 4 rings (SSSR count). The Bertz CT molecular complexity index is 1230. The monoisotopic (exact) mass is 414 g/mol. The average molecular weight is 415 g/mol. The van der Waals surface area contributed by atoms with Crippen LogP contribution in [0.5, 0.6) is 5.75 Å². The van der Waals surface area contributed by atoms with Gasteiger partial charge < -0.3 is 14.5 Å². The van der Waals surface area contributed by atoms with Crippen LogP contribution in [0.3, 0.4) is 0 Å². The first-order valence-corrected chi connectivity index (χ1v) is 10.3. The van der Waals surface area contributed by atoms with Gasteiger partial charge in [0.1, 0.15) is 11.3 Å². The molecule has 0 unspecified atom stereocenters. The van der Waals surface area contributed by atoms with Gasteiger partial charge >= 0.3 is 0 Å². The summed E-state index contributed by atoms with van der Waals surface area (Å²) >= 11 is 0. The third-order valence-corrected chi connectivity index (χ3v) is 5.33. The fourth-order valence-corrected chi connectivity index (χ4v) is 3.54. The van der Waals surface area contributed by atoms with Gasteiger partial charge in [0.25, 0.3) is 5.91 Å². The molecule has 0 aliphatic carbocycles. The first kappa shape index (κ1) is 20.7. The highest BCUT2D eigenvalue weighted by molar-refractivity contribution is 5.93. The fourth-order valence-electron chi connectivity index (χ4n) is 3.54. The van der Waals surface area contributed by atoms with E-state index in [4.69, 9.17) is 9.15 Å². The first-order valence-electron chi connectivity index (χ1n) is 10.3. The highest BCUT2D eigenvalue weighted by atomic mass is 16.5. The number of nitrogens with zero attached hydrogens (tertiary/aromatic N) is 1. The molecule has 0 bridgehead atoms. The van der Waals surface area contributed by atoms with Gasteiger partial charge in [-0.25, -0.2) is 4.98 Å². The van der Waals surface area contributed by atoms with E-state index in [0.29, 0.717) is 17.3 Å². The molecule has 0 aliphatic rings. The van der Waals surface area contributed by atoms with Crippen molar-refractivity contribution in [1.82, 2.24) is 4.98 Å². The molecule has 0 saturated heterocycles. The van der Waals surface area contributed by atoms with Crippen molar-refractivity contribution in [2.45, 2.75) is 34.6 Å². The lowest BCUT2D eigenvalue weighted by atomic mass is 10.1. The number of benzene rings is 3. The van der Waals surface area contributed by atoms with Crippen LogP contribution in [0.15, 0.2) is 52.9 Å². The number of carbonyl (C=O) groups is 1.